The normalized spacial score (nSPS) is 14.8. The van der Waals surface area contributed by atoms with E-state index in [1.807, 2.05) is 50.2 Å². The van der Waals surface area contributed by atoms with E-state index in [-0.39, 0.29) is 19.0 Å². The summed E-state index contributed by atoms with van der Waals surface area (Å²) in [5, 5.41) is 0.707. The third kappa shape index (κ3) is 4.81. The lowest BCUT2D eigenvalue weighted by Gasteiger charge is -2.24. The molecule has 1 aromatic heterocycles. The van der Waals surface area contributed by atoms with Gasteiger partial charge in [-0.25, -0.2) is 4.79 Å². The number of aryl methyl sites for hydroxylation is 2. The highest BCUT2D eigenvalue weighted by atomic mass is 35.5. The van der Waals surface area contributed by atoms with Gasteiger partial charge < -0.3 is 18.8 Å². The number of ether oxygens (including phenoxy) is 3. The van der Waals surface area contributed by atoms with Gasteiger partial charge in [0.15, 0.2) is 18.1 Å². The lowest BCUT2D eigenvalue weighted by atomic mass is 10.1. The van der Waals surface area contributed by atoms with Gasteiger partial charge in [0.05, 0.1) is 0 Å². The molecular formula is C25H24ClNO5. The van der Waals surface area contributed by atoms with Crippen LogP contribution in [0.2, 0.25) is 5.02 Å². The summed E-state index contributed by atoms with van der Waals surface area (Å²) in [6.07, 6.45) is -0.0825. The summed E-state index contributed by atoms with van der Waals surface area (Å²) in [6, 6.07) is 16.7. The van der Waals surface area contributed by atoms with E-state index in [2.05, 4.69) is 4.57 Å². The highest BCUT2D eigenvalue weighted by molar-refractivity contribution is 6.30. The molecule has 3 aromatic rings. The number of carbonyl (C=O) groups is 2. The number of ketones is 1. The van der Waals surface area contributed by atoms with E-state index in [0.717, 1.165) is 24.4 Å². The Morgan fingerprint density at radius 3 is 2.56 bits per heavy atom. The molecule has 1 atom stereocenters. The third-order valence-corrected chi connectivity index (χ3v) is 5.78. The number of para-hydroxylation sites is 2. The highest BCUT2D eigenvalue weighted by Crippen LogP contribution is 2.31. The molecule has 1 unspecified atom stereocenters. The van der Waals surface area contributed by atoms with Gasteiger partial charge >= 0.3 is 5.97 Å². The average molecular weight is 454 g/mol. The minimum Gasteiger partial charge on any atom is -0.485 e. The van der Waals surface area contributed by atoms with Gasteiger partial charge in [-0.2, -0.15) is 0 Å². The summed E-state index contributed by atoms with van der Waals surface area (Å²) in [6.45, 7) is 4.30. The molecule has 1 aliphatic rings. The Labute approximate surface area is 191 Å². The first-order valence-corrected chi connectivity index (χ1v) is 10.8. The van der Waals surface area contributed by atoms with Crippen molar-refractivity contribution in [3.8, 4) is 11.5 Å². The second-order valence-electron chi connectivity index (χ2n) is 7.71. The van der Waals surface area contributed by atoms with E-state index in [4.69, 9.17) is 25.8 Å². The summed E-state index contributed by atoms with van der Waals surface area (Å²) >= 11 is 5.95. The van der Waals surface area contributed by atoms with Crippen LogP contribution in [0.5, 0.6) is 11.5 Å². The summed E-state index contributed by atoms with van der Waals surface area (Å²) in [5.41, 5.74) is 3.55. The fourth-order valence-corrected chi connectivity index (χ4v) is 3.89. The lowest BCUT2D eigenvalue weighted by Crippen LogP contribution is -2.38. The van der Waals surface area contributed by atoms with E-state index >= 15 is 0 Å². The van der Waals surface area contributed by atoms with Crippen LogP contribution in [0, 0.1) is 13.8 Å². The molecule has 0 saturated heterocycles. The standard InChI is InChI=1S/C25H24ClNO5/c1-16-13-20(17(2)27(16)12-11-18-7-9-19(26)10-8-18)21(28)14-31-25(29)24-15-30-22-5-3-4-6-23(22)32-24/h3-10,13,24H,11-12,14-15H2,1-2H3. The molecule has 2 aromatic carbocycles. The quantitative estimate of drug-likeness (QED) is 0.387. The molecule has 0 aliphatic carbocycles. The second-order valence-corrected chi connectivity index (χ2v) is 8.14. The van der Waals surface area contributed by atoms with E-state index in [1.165, 1.54) is 5.56 Å². The smallest absolute Gasteiger partial charge is 0.351 e. The monoisotopic (exact) mass is 453 g/mol. The van der Waals surface area contributed by atoms with Crippen LogP contribution < -0.4 is 9.47 Å². The largest absolute Gasteiger partial charge is 0.485 e. The van der Waals surface area contributed by atoms with Gasteiger partial charge in [0.2, 0.25) is 11.9 Å². The van der Waals surface area contributed by atoms with Gasteiger partial charge in [0.1, 0.15) is 6.61 Å². The number of benzene rings is 2. The molecule has 0 amide bonds. The maximum absolute atomic E-state index is 12.8. The number of halogens is 1. The van der Waals surface area contributed by atoms with Crippen LogP contribution in [-0.4, -0.2) is 35.6 Å². The molecule has 0 bridgehead atoms. The molecule has 7 heteroatoms. The van der Waals surface area contributed by atoms with Crippen LogP contribution in [0.3, 0.4) is 0 Å². The number of fused-ring (bicyclic) bond motifs is 1. The summed E-state index contributed by atoms with van der Waals surface area (Å²) in [4.78, 5) is 25.1. The number of hydrogen-bond donors (Lipinski definition) is 0. The first-order chi connectivity index (χ1) is 15.4. The van der Waals surface area contributed by atoms with Crippen LogP contribution >= 0.6 is 11.6 Å². The number of nitrogens with zero attached hydrogens (tertiary/aromatic N) is 1. The molecule has 0 fully saturated rings. The Hall–Kier alpha value is -3.25. The van der Waals surface area contributed by atoms with E-state index < -0.39 is 12.1 Å². The molecule has 166 valence electrons. The Kier molecular flexibility index (Phi) is 6.51. The Bertz CT molecular complexity index is 1140. The van der Waals surface area contributed by atoms with Crippen molar-refractivity contribution in [2.75, 3.05) is 13.2 Å². The number of rotatable bonds is 7. The van der Waals surface area contributed by atoms with Gasteiger partial charge in [-0.15, -0.1) is 0 Å². The van der Waals surface area contributed by atoms with E-state index in [9.17, 15) is 9.59 Å². The van der Waals surface area contributed by atoms with Crippen LogP contribution in [0.4, 0.5) is 0 Å². The molecule has 4 rings (SSSR count). The van der Waals surface area contributed by atoms with Crippen LogP contribution in [-0.2, 0) is 22.5 Å². The van der Waals surface area contributed by atoms with Crippen LogP contribution in [0.1, 0.15) is 27.3 Å². The molecule has 0 saturated carbocycles. The molecule has 1 aliphatic heterocycles. The van der Waals surface area contributed by atoms with Crippen molar-refractivity contribution in [2.24, 2.45) is 0 Å². The van der Waals surface area contributed by atoms with Crippen molar-refractivity contribution >= 4 is 23.4 Å². The van der Waals surface area contributed by atoms with Crippen LogP contribution in [0.25, 0.3) is 0 Å². The van der Waals surface area contributed by atoms with Gasteiger partial charge in [-0.3, -0.25) is 4.79 Å². The SMILES string of the molecule is Cc1cc(C(=O)COC(=O)C2COc3ccccc3O2)c(C)n1CCc1ccc(Cl)cc1. The Balaban J connectivity index is 1.35. The molecular weight excluding hydrogens is 430 g/mol. The number of Topliss-reactive ketones (excluding diaryl/α,β-unsaturated/α-hetero) is 1. The zero-order chi connectivity index (χ0) is 22.7. The van der Waals surface area contributed by atoms with Gasteiger partial charge in [-0.05, 0) is 56.2 Å². The zero-order valence-electron chi connectivity index (χ0n) is 18.0. The topological polar surface area (TPSA) is 66.8 Å². The fraction of sp³-hybridized carbons (Fsp3) is 0.280. The summed E-state index contributed by atoms with van der Waals surface area (Å²) < 4.78 is 18.5. The van der Waals surface area contributed by atoms with Gasteiger partial charge in [0, 0.05) is 28.5 Å². The Morgan fingerprint density at radius 2 is 1.81 bits per heavy atom. The average Bonchev–Trinajstić information content (AvgIpc) is 3.09. The van der Waals surface area contributed by atoms with Crippen LogP contribution in [0.15, 0.2) is 54.6 Å². The maximum atomic E-state index is 12.8. The second kappa shape index (κ2) is 9.49. The number of hydrogen-bond acceptors (Lipinski definition) is 5. The van der Waals surface area contributed by atoms with Gasteiger partial charge in [0.25, 0.3) is 0 Å². The minimum atomic E-state index is -0.899. The molecule has 0 radical (unpaired) electrons. The summed E-state index contributed by atoms with van der Waals surface area (Å²) in [7, 11) is 0. The molecule has 32 heavy (non-hydrogen) atoms. The molecule has 0 N–H and O–H groups in total. The predicted octanol–water partition coefficient (Wildman–Crippen LogP) is 4.57. The number of aromatic nitrogens is 1. The molecule has 2 heterocycles. The van der Waals surface area contributed by atoms with Crippen molar-refractivity contribution in [1.82, 2.24) is 4.57 Å². The van der Waals surface area contributed by atoms with Crippen molar-refractivity contribution in [1.29, 1.82) is 0 Å². The third-order valence-electron chi connectivity index (χ3n) is 5.53. The molecule has 0 spiro atoms. The number of esters is 1. The van der Waals surface area contributed by atoms with Crippen molar-refractivity contribution < 1.29 is 23.8 Å². The first-order valence-electron chi connectivity index (χ1n) is 10.4. The molecule has 6 nitrogen and oxygen atoms in total. The van der Waals surface area contributed by atoms with Crippen molar-refractivity contribution in [2.45, 2.75) is 32.9 Å². The van der Waals surface area contributed by atoms with Gasteiger partial charge in [-0.1, -0.05) is 35.9 Å². The Morgan fingerprint density at radius 1 is 1.09 bits per heavy atom. The minimum absolute atomic E-state index is 0.0449. The van der Waals surface area contributed by atoms with E-state index in [0.29, 0.717) is 22.1 Å². The first kappa shape index (κ1) is 22.0. The van der Waals surface area contributed by atoms with Crippen molar-refractivity contribution in [3.63, 3.8) is 0 Å². The zero-order valence-corrected chi connectivity index (χ0v) is 18.7. The fourth-order valence-electron chi connectivity index (χ4n) is 3.76. The predicted molar refractivity (Wildman–Crippen MR) is 121 cm³/mol. The highest BCUT2D eigenvalue weighted by Gasteiger charge is 2.29. The lowest BCUT2D eigenvalue weighted by molar-refractivity contribution is -0.153. The summed E-state index contributed by atoms with van der Waals surface area (Å²) in [5.74, 6) is 0.195. The number of carbonyl (C=O) groups excluding carboxylic acids is 2. The maximum Gasteiger partial charge on any atom is 0.351 e. The van der Waals surface area contributed by atoms with Crippen molar-refractivity contribution in [3.05, 3.63) is 82.1 Å². The van der Waals surface area contributed by atoms with E-state index in [1.54, 1.807) is 18.2 Å².